The molecule has 0 unspecified atom stereocenters. The molecule has 0 saturated carbocycles. The Hall–Kier alpha value is -2.68. The number of benzene rings is 2. The van der Waals surface area contributed by atoms with Crippen molar-refractivity contribution in [1.82, 2.24) is 0 Å². The molecule has 0 saturated heterocycles. The van der Waals surface area contributed by atoms with Crippen molar-refractivity contribution in [2.45, 2.75) is 13.5 Å². The summed E-state index contributed by atoms with van der Waals surface area (Å²) in [6, 6.07) is 16.4. The van der Waals surface area contributed by atoms with E-state index < -0.39 is 0 Å². The van der Waals surface area contributed by atoms with Crippen molar-refractivity contribution in [1.29, 1.82) is 0 Å². The highest BCUT2D eigenvalue weighted by Crippen LogP contribution is 2.27. The molecule has 0 radical (unpaired) electrons. The number of hydrogen-bond donors (Lipinski definition) is 0. The lowest BCUT2D eigenvalue weighted by Gasteiger charge is -2.19. The molecule has 1 aliphatic carbocycles. The molecule has 0 aromatic heterocycles. The van der Waals surface area contributed by atoms with Gasteiger partial charge in [0.1, 0.15) is 6.61 Å². The Labute approximate surface area is 122 Å². The Kier molecular flexibility index (Phi) is 3.40. The molecule has 0 N–H and O–H groups in total. The number of Topliss-reactive ketones (excluding diaryl/α,β-unsaturated/α-hetero) is 2. The maximum absolute atomic E-state index is 12.5. The van der Waals surface area contributed by atoms with Gasteiger partial charge in [-0.05, 0) is 12.5 Å². The summed E-state index contributed by atoms with van der Waals surface area (Å²) in [7, 11) is 0. The maximum Gasteiger partial charge on any atom is 0.228 e. The number of carbonyl (C=O) groups excluding carboxylic acids is 2. The number of fused-ring (bicyclic) bond motifs is 1. The van der Waals surface area contributed by atoms with Crippen LogP contribution in [0.2, 0.25) is 0 Å². The summed E-state index contributed by atoms with van der Waals surface area (Å²) < 4.78 is 5.63. The lowest BCUT2D eigenvalue weighted by molar-refractivity contribution is 0.0858. The average Bonchev–Trinajstić information content (AvgIpc) is 2.54. The van der Waals surface area contributed by atoms with Gasteiger partial charge in [0.05, 0.1) is 0 Å². The monoisotopic (exact) mass is 278 g/mol. The summed E-state index contributed by atoms with van der Waals surface area (Å²) in [5, 5.41) is 0. The highest BCUT2D eigenvalue weighted by atomic mass is 16.5. The Morgan fingerprint density at radius 1 is 0.810 bits per heavy atom. The van der Waals surface area contributed by atoms with Crippen LogP contribution in [-0.2, 0) is 11.3 Å². The topological polar surface area (TPSA) is 43.4 Å². The van der Waals surface area contributed by atoms with Crippen molar-refractivity contribution in [2.75, 3.05) is 0 Å². The minimum Gasteiger partial charge on any atom is -0.484 e. The lowest BCUT2D eigenvalue weighted by atomic mass is 9.89. The minimum atomic E-state index is -0.223. The largest absolute Gasteiger partial charge is 0.484 e. The molecule has 0 spiro atoms. The van der Waals surface area contributed by atoms with Crippen LogP contribution in [0.15, 0.2) is 65.9 Å². The summed E-state index contributed by atoms with van der Waals surface area (Å²) in [5.74, 6) is -0.213. The molecule has 104 valence electrons. The van der Waals surface area contributed by atoms with Crippen molar-refractivity contribution >= 4 is 11.6 Å². The lowest BCUT2D eigenvalue weighted by Crippen LogP contribution is -2.22. The van der Waals surface area contributed by atoms with Crippen LogP contribution >= 0.6 is 0 Å². The van der Waals surface area contributed by atoms with Crippen molar-refractivity contribution < 1.29 is 14.3 Å². The van der Waals surface area contributed by atoms with Gasteiger partial charge < -0.3 is 4.74 Å². The molecule has 3 nitrogen and oxygen atoms in total. The third-order valence-corrected chi connectivity index (χ3v) is 3.53. The van der Waals surface area contributed by atoms with Crippen molar-refractivity contribution in [3.8, 4) is 0 Å². The zero-order valence-corrected chi connectivity index (χ0v) is 11.6. The van der Waals surface area contributed by atoms with Gasteiger partial charge in [0.25, 0.3) is 0 Å². The molecule has 0 bridgehead atoms. The molecule has 0 atom stereocenters. The maximum atomic E-state index is 12.5. The van der Waals surface area contributed by atoms with Crippen LogP contribution in [0.4, 0.5) is 0 Å². The van der Waals surface area contributed by atoms with Crippen molar-refractivity contribution in [3.05, 3.63) is 82.6 Å². The molecule has 2 aromatic rings. The molecule has 2 aromatic carbocycles. The van der Waals surface area contributed by atoms with E-state index in [-0.39, 0.29) is 23.9 Å². The van der Waals surface area contributed by atoms with E-state index in [1.165, 1.54) is 0 Å². The highest BCUT2D eigenvalue weighted by molar-refractivity contribution is 6.25. The van der Waals surface area contributed by atoms with Crippen molar-refractivity contribution in [2.24, 2.45) is 0 Å². The van der Waals surface area contributed by atoms with Crippen LogP contribution in [0.1, 0.15) is 33.2 Å². The van der Waals surface area contributed by atoms with Gasteiger partial charge in [-0.15, -0.1) is 0 Å². The normalized spacial score (nSPS) is 14.1. The van der Waals surface area contributed by atoms with Gasteiger partial charge in [0.2, 0.25) is 5.78 Å². The summed E-state index contributed by atoms with van der Waals surface area (Å²) in [4.78, 5) is 24.8. The van der Waals surface area contributed by atoms with Crippen LogP contribution in [0.5, 0.6) is 0 Å². The minimum absolute atomic E-state index is 0.145. The molecule has 21 heavy (non-hydrogen) atoms. The van der Waals surface area contributed by atoms with Crippen LogP contribution < -0.4 is 0 Å². The van der Waals surface area contributed by atoms with Gasteiger partial charge in [-0.3, -0.25) is 9.59 Å². The van der Waals surface area contributed by atoms with E-state index >= 15 is 0 Å². The predicted molar refractivity (Wildman–Crippen MR) is 79.0 cm³/mol. The predicted octanol–water partition coefficient (Wildman–Crippen LogP) is 3.56. The van der Waals surface area contributed by atoms with Gasteiger partial charge in [-0.2, -0.15) is 0 Å². The first-order valence-electron chi connectivity index (χ1n) is 6.74. The third-order valence-electron chi connectivity index (χ3n) is 3.53. The zero-order chi connectivity index (χ0) is 14.8. The fourth-order valence-electron chi connectivity index (χ4n) is 2.38. The summed E-state index contributed by atoms with van der Waals surface area (Å²) >= 11 is 0. The molecular weight excluding hydrogens is 264 g/mol. The number of allylic oxidation sites excluding steroid dienone is 2. The summed E-state index contributed by atoms with van der Waals surface area (Å²) in [5.41, 5.74) is 2.19. The SMILES string of the molecule is CC1=C(OCc2ccccc2)C(=O)c2ccccc2C1=O. The molecule has 0 amide bonds. The summed E-state index contributed by atoms with van der Waals surface area (Å²) in [6.45, 7) is 1.91. The van der Waals surface area contributed by atoms with E-state index in [4.69, 9.17) is 4.74 Å². The second-order valence-electron chi connectivity index (χ2n) is 4.93. The van der Waals surface area contributed by atoms with E-state index in [0.29, 0.717) is 16.7 Å². The van der Waals surface area contributed by atoms with Crippen LogP contribution in [0, 0.1) is 0 Å². The third kappa shape index (κ3) is 2.38. The second-order valence-corrected chi connectivity index (χ2v) is 4.93. The van der Waals surface area contributed by atoms with Crippen molar-refractivity contribution in [3.63, 3.8) is 0 Å². The molecule has 0 heterocycles. The first-order valence-corrected chi connectivity index (χ1v) is 6.74. The molecule has 0 aliphatic heterocycles. The van der Waals surface area contributed by atoms with Gasteiger partial charge in [0.15, 0.2) is 11.5 Å². The Balaban J connectivity index is 1.90. The van der Waals surface area contributed by atoms with E-state index in [9.17, 15) is 9.59 Å². The number of ether oxygens (including phenoxy) is 1. The fourth-order valence-corrected chi connectivity index (χ4v) is 2.38. The number of rotatable bonds is 3. The van der Waals surface area contributed by atoms with Gasteiger partial charge in [0, 0.05) is 16.7 Å². The quantitative estimate of drug-likeness (QED) is 0.862. The number of hydrogen-bond acceptors (Lipinski definition) is 3. The van der Waals surface area contributed by atoms with Gasteiger partial charge in [-0.1, -0.05) is 54.6 Å². The molecule has 0 fully saturated rings. The van der Waals surface area contributed by atoms with Gasteiger partial charge >= 0.3 is 0 Å². The van der Waals surface area contributed by atoms with E-state index in [1.54, 1.807) is 31.2 Å². The molecule has 1 aliphatic rings. The standard InChI is InChI=1S/C18H14O3/c1-12-16(19)14-9-5-6-10-15(14)17(20)18(12)21-11-13-7-3-2-4-8-13/h2-10H,11H2,1H3. The van der Waals surface area contributed by atoms with E-state index in [0.717, 1.165) is 5.56 Å². The Morgan fingerprint density at radius 3 is 2.05 bits per heavy atom. The molecule has 3 rings (SSSR count). The number of ketones is 2. The molecule has 3 heteroatoms. The van der Waals surface area contributed by atoms with E-state index in [1.807, 2.05) is 30.3 Å². The highest BCUT2D eigenvalue weighted by Gasteiger charge is 2.30. The summed E-state index contributed by atoms with van der Waals surface area (Å²) in [6.07, 6.45) is 0. The Morgan fingerprint density at radius 2 is 1.38 bits per heavy atom. The first kappa shape index (κ1) is 13.3. The number of carbonyl (C=O) groups is 2. The smallest absolute Gasteiger partial charge is 0.228 e. The van der Waals surface area contributed by atoms with Gasteiger partial charge in [-0.25, -0.2) is 0 Å². The average molecular weight is 278 g/mol. The molecular formula is C18H14O3. The van der Waals surface area contributed by atoms with Crippen LogP contribution in [-0.4, -0.2) is 11.6 Å². The zero-order valence-electron chi connectivity index (χ0n) is 11.6. The van der Waals surface area contributed by atoms with Crippen LogP contribution in [0.25, 0.3) is 0 Å². The fraction of sp³-hybridized carbons (Fsp3) is 0.111. The second kappa shape index (κ2) is 5.37. The first-order chi connectivity index (χ1) is 10.2. The van der Waals surface area contributed by atoms with E-state index in [2.05, 4.69) is 0 Å². The van der Waals surface area contributed by atoms with Crippen LogP contribution in [0.3, 0.4) is 0 Å². The Bertz CT molecular complexity index is 742.